The summed E-state index contributed by atoms with van der Waals surface area (Å²) in [5, 5.41) is 9.09. The predicted octanol–water partition coefficient (Wildman–Crippen LogP) is 1.02. The lowest BCUT2D eigenvalue weighted by atomic mass is 10.1. The van der Waals surface area contributed by atoms with E-state index in [-0.39, 0.29) is 42.0 Å². The summed E-state index contributed by atoms with van der Waals surface area (Å²) < 4.78 is 0. The molecule has 0 unspecified atom stereocenters. The zero-order valence-corrected chi connectivity index (χ0v) is 16.7. The van der Waals surface area contributed by atoms with Gasteiger partial charge in [0.05, 0.1) is 6.54 Å². The fourth-order valence-corrected chi connectivity index (χ4v) is 1.46. The maximum Gasteiger partial charge on any atom is 0.239 e. The molecule has 0 atom stereocenters. The molecule has 1 amide bonds. The Kier molecular flexibility index (Phi) is 12.0. The Morgan fingerprint density at radius 3 is 2.24 bits per heavy atom. The molecule has 126 valence electrons. The molecule has 0 saturated heterocycles. The Morgan fingerprint density at radius 2 is 1.81 bits per heavy atom. The van der Waals surface area contributed by atoms with Crippen molar-refractivity contribution < 1.29 is 4.79 Å². The lowest BCUT2D eigenvalue weighted by molar-refractivity contribution is -0.121. The van der Waals surface area contributed by atoms with Crippen LogP contribution in [0.5, 0.6) is 0 Å². The van der Waals surface area contributed by atoms with Gasteiger partial charge >= 0.3 is 0 Å². The maximum absolute atomic E-state index is 11.7. The smallest absolute Gasteiger partial charge is 0.239 e. The summed E-state index contributed by atoms with van der Waals surface area (Å²) in [5.41, 5.74) is -0.213. The van der Waals surface area contributed by atoms with Crippen molar-refractivity contribution in [1.82, 2.24) is 20.9 Å². The van der Waals surface area contributed by atoms with E-state index in [0.29, 0.717) is 12.0 Å². The first kappa shape index (κ1) is 22.7. The number of aliphatic imine (C=N–C) groups is 1. The topological polar surface area (TPSA) is 68.8 Å². The van der Waals surface area contributed by atoms with Crippen molar-refractivity contribution in [1.29, 1.82) is 0 Å². The number of likely N-dealkylation sites (N-methyl/N-ethyl adjacent to an activating group) is 1. The number of hydrogen-bond donors (Lipinski definition) is 3. The van der Waals surface area contributed by atoms with Gasteiger partial charge < -0.3 is 20.9 Å². The molecule has 21 heavy (non-hydrogen) atoms. The molecular weight excluding hydrogens is 381 g/mol. The number of rotatable bonds is 6. The highest BCUT2D eigenvalue weighted by Gasteiger charge is 2.13. The zero-order chi connectivity index (χ0) is 15.8. The fraction of sp³-hybridized carbons (Fsp3) is 0.857. The average molecular weight is 413 g/mol. The molecule has 0 aliphatic heterocycles. The Balaban J connectivity index is 0. The highest BCUT2D eigenvalue weighted by Crippen LogP contribution is 1.97. The molecule has 0 aliphatic rings. The Morgan fingerprint density at radius 1 is 1.24 bits per heavy atom. The van der Waals surface area contributed by atoms with Crippen LogP contribution in [0.3, 0.4) is 0 Å². The van der Waals surface area contributed by atoms with Gasteiger partial charge in [0.25, 0.3) is 0 Å². The summed E-state index contributed by atoms with van der Waals surface area (Å²) in [5.74, 6) is 0.603. The summed E-state index contributed by atoms with van der Waals surface area (Å²) in [6.45, 7) is 12.1. The number of carbonyl (C=O) groups is 1. The predicted molar refractivity (Wildman–Crippen MR) is 100 cm³/mol. The Labute approximate surface area is 146 Å². The molecule has 0 aliphatic carbocycles. The number of amides is 1. The summed E-state index contributed by atoms with van der Waals surface area (Å²) in [6, 6.07) is 0.518. The molecule has 0 bridgehead atoms. The lowest BCUT2D eigenvalue weighted by Crippen LogP contribution is -2.49. The van der Waals surface area contributed by atoms with E-state index in [1.807, 2.05) is 20.8 Å². The van der Waals surface area contributed by atoms with E-state index in [9.17, 15) is 4.79 Å². The van der Waals surface area contributed by atoms with E-state index < -0.39 is 0 Å². The minimum Gasteiger partial charge on any atom is -0.355 e. The largest absolute Gasteiger partial charge is 0.355 e. The van der Waals surface area contributed by atoms with Gasteiger partial charge in [0, 0.05) is 31.7 Å². The first-order valence-electron chi connectivity index (χ1n) is 7.11. The number of halogens is 1. The van der Waals surface area contributed by atoms with Crippen molar-refractivity contribution in [2.45, 2.75) is 46.2 Å². The van der Waals surface area contributed by atoms with Crippen LogP contribution in [0.25, 0.3) is 0 Å². The lowest BCUT2D eigenvalue weighted by Gasteiger charge is -2.22. The van der Waals surface area contributed by atoms with Gasteiger partial charge in [-0.1, -0.05) is 0 Å². The third-order valence-corrected chi connectivity index (χ3v) is 2.79. The molecule has 0 rings (SSSR count). The summed E-state index contributed by atoms with van der Waals surface area (Å²) >= 11 is 0. The van der Waals surface area contributed by atoms with Gasteiger partial charge in [-0.3, -0.25) is 9.79 Å². The number of nitrogens with one attached hydrogen (secondary N) is 3. The van der Waals surface area contributed by atoms with Gasteiger partial charge in [-0.15, -0.1) is 24.0 Å². The highest BCUT2D eigenvalue weighted by atomic mass is 127. The number of hydrogen-bond acceptors (Lipinski definition) is 3. The van der Waals surface area contributed by atoms with Gasteiger partial charge in [-0.05, 0) is 41.7 Å². The molecule has 0 saturated carbocycles. The van der Waals surface area contributed by atoms with E-state index in [4.69, 9.17) is 0 Å². The number of nitrogens with zero attached hydrogens (tertiary/aromatic N) is 2. The van der Waals surface area contributed by atoms with Crippen LogP contribution in [-0.4, -0.2) is 62.1 Å². The SMILES string of the molecule is CN=C(NCCN(C)C(C)C)NCC(=O)NC(C)(C)C.I. The van der Waals surface area contributed by atoms with Crippen LogP contribution in [0.4, 0.5) is 0 Å². The second-order valence-electron chi connectivity index (χ2n) is 6.23. The quantitative estimate of drug-likeness (QED) is 0.346. The third kappa shape index (κ3) is 12.9. The van der Waals surface area contributed by atoms with Crippen LogP contribution >= 0.6 is 24.0 Å². The van der Waals surface area contributed by atoms with Gasteiger partial charge in [0.1, 0.15) is 0 Å². The van der Waals surface area contributed by atoms with Gasteiger partial charge in [-0.2, -0.15) is 0 Å². The minimum absolute atomic E-state index is 0. The Hall–Kier alpha value is -0.570. The van der Waals surface area contributed by atoms with Crippen LogP contribution in [0.2, 0.25) is 0 Å². The molecule has 7 heteroatoms. The molecule has 0 fully saturated rings. The summed E-state index contributed by atoms with van der Waals surface area (Å²) in [6.07, 6.45) is 0. The molecular formula is C14H32IN5O. The van der Waals surface area contributed by atoms with E-state index in [2.05, 4.69) is 46.7 Å². The van der Waals surface area contributed by atoms with Crippen molar-refractivity contribution in [3.63, 3.8) is 0 Å². The molecule has 0 radical (unpaired) electrons. The molecule has 0 aromatic heterocycles. The van der Waals surface area contributed by atoms with Crippen molar-refractivity contribution in [3.05, 3.63) is 0 Å². The van der Waals surface area contributed by atoms with Crippen molar-refractivity contribution in [2.75, 3.05) is 33.7 Å². The number of guanidine groups is 1. The summed E-state index contributed by atoms with van der Waals surface area (Å²) in [7, 11) is 3.78. The summed E-state index contributed by atoms with van der Waals surface area (Å²) in [4.78, 5) is 18.0. The highest BCUT2D eigenvalue weighted by molar-refractivity contribution is 14.0. The zero-order valence-electron chi connectivity index (χ0n) is 14.4. The second-order valence-corrected chi connectivity index (χ2v) is 6.23. The second kappa shape index (κ2) is 11.1. The molecule has 0 aromatic rings. The van der Waals surface area contributed by atoms with Crippen LogP contribution < -0.4 is 16.0 Å². The minimum atomic E-state index is -0.213. The monoisotopic (exact) mass is 413 g/mol. The number of carbonyl (C=O) groups excluding carboxylic acids is 1. The first-order valence-corrected chi connectivity index (χ1v) is 7.11. The van der Waals surface area contributed by atoms with Gasteiger partial charge in [-0.25, -0.2) is 0 Å². The van der Waals surface area contributed by atoms with E-state index >= 15 is 0 Å². The van der Waals surface area contributed by atoms with Crippen LogP contribution in [0.15, 0.2) is 4.99 Å². The Bertz CT molecular complexity index is 326. The van der Waals surface area contributed by atoms with E-state index in [0.717, 1.165) is 13.1 Å². The normalized spacial score (nSPS) is 12.1. The van der Waals surface area contributed by atoms with Gasteiger partial charge in [0.15, 0.2) is 5.96 Å². The molecule has 6 nitrogen and oxygen atoms in total. The van der Waals surface area contributed by atoms with Crippen LogP contribution in [0, 0.1) is 0 Å². The maximum atomic E-state index is 11.7. The van der Waals surface area contributed by atoms with Crippen LogP contribution in [0.1, 0.15) is 34.6 Å². The van der Waals surface area contributed by atoms with Crippen molar-refractivity contribution >= 4 is 35.8 Å². The standard InChI is InChI=1S/C14H31N5O.HI/c1-11(2)19(7)9-8-16-13(15-6)17-10-12(20)18-14(3,4)5;/h11H,8-10H2,1-7H3,(H,18,20)(H2,15,16,17);1H. The average Bonchev–Trinajstić information content (AvgIpc) is 2.30. The molecule has 0 aromatic carbocycles. The molecule has 0 spiro atoms. The van der Waals surface area contributed by atoms with Crippen molar-refractivity contribution in [2.24, 2.45) is 4.99 Å². The van der Waals surface area contributed by atoms with Gasteiger partial charge in [0.2, 0.25) is 5.91 Å². The van der Waals surface area contributed by atoms with Crippen LogP contribution in [-0.2, 0) is 4.79 Å². The van der Waals surface area contributed by atoms with E-state index in [1.54, 1.807) is 7.05 Å². The molecule has 0 heterocycles. The van der Waals surface area contributed by atoms with E-state index in [1.165, 1.54) is 0 Å². The fourth-order valence-electron chi connectivity index (χ4n) is 1.46. The van der Waals surface area contributed by atoms with Crippen molar-refractivity contribution in [3.8, 4) is 0 Å². The molecule has 3 N–H and O–H groups in total. The third-order valence-electron chi connectivity index (χ3n) is 2.79. The first-order chi connectivity index (χ1) is 9.15.